The average molecular weight is 214 g/mol. The molecule has 0 fully saturated rings. The van der Waals surface area contributed by atoms with Crippen LogP contribution in [0.15, 0.2) is 48.7 Å². The molecular formula is C13H14N2O. The first-order chi connectivity index (χ1) is 7.70. The number of ketones is 1. The zero-order valence-electron chi connectivity index (χ0n) is 9.13. The van der Waals surface area contributed by atoms with Gasteiger partial charge in [0.25, 0.3) is 0 Å². The van der Waals surface area contributed by atoms with Crippen LogP contribution in [0.1, 0.15) is 22.1 Å². The quantitative estimate of drug-likeness (QED) is 0.793. The number of carbonyl (C=O) groups excluding carboxylic acids is 1. The number of aromatic nitrogens is 1. The summed E-state index contributed by atoms with van der Waals surface area (Å²) in [6, 6.07) is 12.4. The number of Topliss-reactive ketones (excluding diaryl/α,β-unsaturated/α-hetero) is 1. The van der Waals surface area contributed by atoms with Crippen molar-refractivity contribution < 1.29 is 4.79 Å². The predicted octanol–water partition coefficient (Wildman–Crippen LogP) is 1.91. The van der Waals surface area contributed by atoms with Crippen molar-refractivity contribution >= 4 is 5.78 Å². The van der Waals surface area contributed by atoms with E-state index in [1.54, 1.807) is 10.6 Å². The fraction of sp³-hybridized carbons (Fsp3) is 0.154. The van der Waals surface area contributed by atoms with Crippen LogP contribution in [0.5, 0.6) is 0 Å². The number of nitrogens with zero attached hydrogens (tertiary/aromatic N) is 1. The normalized spacial score (nSPS) is 12.4. The molecule has 1 heterocycles. The van der Waals surface area contributed by atoms with Crippen LogP contribution in [0.3, 0.4) is 0 Å². The fourth-order valence-electron chi connectivity index (χ4n) is 1.69. The Labute approximate surface area is 94.5 Å². The van der Waals surface area contributed by atoms with Gasteiger partial charge in [-0.2, -0.15) is 0 Å². The summed E-state index contributed by atoms with van der Waals surface area (Å²) in [6.45, 7) is 0. The van der Waals surface area contributed by atoms with E-state index in [2.05, 4.69) is 0 Å². The second-order valence-electron chi connectivity index (χ2n) is 3.76. The largest absolute Gasteiger partial charge is 0.348 e. The van der Waals surface area contributed by atoms with Crippen LogP contribution >= 0.6 is 0 Å². The highest BCUT2D eigenvalue weighted by Crippen LogP contribution is 2.15. The van der Waals surface area contributed by atoms with Gasteiger partial charge in [-0.1, -0.05) is 30.3 Å². The summed E-state index contributed by atoms with van der Waals surface area (Å²) < 4.78 is 1.78. The first-order valence-electron chi connectivity index (χ1n) is 5.16. The van der Waals surface area contributed by atoms with Crippen molar-refractivity contribution in [2.45, 2.75) is 6.04 Å². The maximum atomic E-state index is 12.1. The summed E-state index contributed by atoms with van der Waals surface area (Å²) in [5.41, 5.74) is 7.41. The summed E-state index contributed by atoms with van der Waals surface area (Å²) in [6.07, 6.45) is 1.84. The molecule has 1 aromatic heterocycles. The molecule has 1 aromatic carbocycles. The number of nitrogens with two attached hydrogens (primary N) is 1. The lowest BCUT2D eigenvalue weighted by molar-refractivity contribution is 0.0953. The molecule has 0 bridgehead atoms. The van der Waals surface area contributed by atoms with Gasteiger partial charge in [-0.15, -0.1) is 0 Å². The highest BCUT2D eigenvalue weighted by Gasteiger charge is 2.19. The molecule has 3 nitrogen and oxygen atoms in total. The maximum Gasteiger partial charge on any atom is 0.200 e. The van der Waals surface area contributed by atoms with Gasteiger partial charge < -0.3 is 10.3 Å². The molecular weight excluding hydrogens is 200 g/mol. The molecule has 2 rings (SSSR count). The van der Waals surface area contributed by atoms with Crippen LogP contribution < -0.4 is 5.73 Å². The molecule has 0 unspecified atom stereocenters. The first kappa shape index (κ1) is 10.6. The van der Waals surface area contributed by atoms with Crippen LogP contribution in [0.2, 0.25) is 0 Å². The van der Waals surface area contributed by atoms with E-state index in [-0.39, 0.29) is 5.78 Å². The number of carbonyl (C=O) groups is 1. The molecule has 3 heteroatoms. The van der Waals surface area contributed by atoms with Gasteiger partial charge in [-0.3, -0.25) is 4.79 Å². The third kappa shape index (κ3) is 1.90. The maximum absolute atomic E-state index is 12.1. The molecule has 1 atom stereocenters. The van der Waals surface area contributed by atoms with Crippen LogP contribution in [0.4, 0.5) is 0 Å². The SMILES string of the molecule is Cn1cccc1C(=O)[C@@H](N)c1ccccc1. The third-order valence-corrected chi connectivity index (χ3v) is 2.64. The van der Waals surface area contributed by atoms with Gasteiger partial charge in [0.2, 0.25) is 0 Å². The Hall–Kier alpha value is -1.87. The van der Waals surface area contributed by atoms with Gasteiger partial charge in [0, 0.05) is 13.2 Å². The van der Waals surface area contributed by atoms with Gasteiger partial charge in [-0.25, -0.2) is 0 Å². The minimum absolute atomic E-state index is 0.0568. The van der Waals surface area contributed by atoms with Crippen molar-refractivity contribution in [1.82, 2.24) is 4.57 Å². The molecule has 2 aromatic rings. The Bertz CT molecular complexity index is 488. The van der Waals surface area contributed by atoms with Crippen molar-refractivity contribution in [3.63, 3.8) is 0 Å². The third-order valence-electron chi connectivity index (χ3n) is 2.64. The van der Waals surface area contributed by atoms with E-state index in [0.29, 0.717) is 5.69 Å². The van der Waals surface area contributed by atoms with E-state index in [9.17, 15) is 4.79 Å². The van der Waals surface area contributed by atoms with Crippen molar-refractivity contribution in [2.24, 2.45) is 12.8 Å². The first-order valence-corrected chi connectivity index (χ1v) is 5.16. The van der Waals surface area contributed by atoms with Crippen LogP contribution in [-0.2, 0) is 7.05 Å². The topological polar surface area (TPSA) is 48.0 Å². The van der Waals surface area contributed by atoms with Crippen molar-refractivity contribution in [3.8, 4) is 0 Å². The van der Waals surface area contributed by atoms with Crippen LogP contribution in [0, 0.1) is 0 Å². The molecule has 82 valence electrons. The minimum atomic E-state index is -0.588. The van der Waals surface area contributed by atoms with Gasteiger partial charge in [-0.05, 0) is 17.7 Å². The molecule has 0 radical (unpaired) electrons. The number of hydrogen-bond donors (Lipinski definition) is 1. The van der Waals surface area contributed by atoms with E-state index >= 15 is 0 Å². The predicted molar refractivity (Wildman–Crippen MR) is 63.1 cm³/mol. The molecule has 0 saturated carbocycles. The Balaban J connectivity index is 2.27. The van der Waals surface area contributed by atoms with Crippen molar-refractivity contribution in [3.05, 3.63) is 59.9 Å². The average Bonchev–Trinajstić information content (AvgIpc) is 2.75. The lowest BCUT2D eigenvalue weighted by Crippen LogP contribution is -2.23. The molecule has 2 N–H and O–H groups in total. The summed E-state index contributed by atoms with van der Waals surface area (Å²) in [4.78, 5) is 12.1. The molecule has 0 aliphatic rings. The second kappa shape index (κ2) is 4.33. The fourth-order valence-corrected chi connectivity index (χ4v) is 1.69. The van der Waals surface area contributed by atoms with Gasteiger partial charge in [0.15, 0.2) is 5.78 Å². The summed E-state index contributed by atoms with van der Waals surface area (Å²) in [5, 5.41) is 0. The highest BCUT2D eigenvalue weighted by molar-refractivity contribution is 5.99. The van der Waals surface area contributed by atoms with E-state index in [1.165, 1.54) is 0 Å². The van der Waals surface area contributed by atoms with Crippen LogP contribution in [-0.4, -0.2) is 10.4 Å². The molecule has 0 saturated heterocycles. The Morgan fingerprint density at radius 1 is 1.19 bits per heavy atom. The van der Waals surface area contributed by atoms with E-state index < -0.39 is 6.04 Å². The van der Waals surface area contributed by atoms with Crippen LogP contribution in [0.25, 0.3) is 0 Å². The Kier molecular flexibility index (Phi) is 2.88. The monoisotopic (exact) mass is 214 g/mol. The van der Waals surface area contributed by atoms with E-state index in [4.69, 9.17) is 5.73 Å². The second-order valence-corrected chi connectivity index (χ2v) is 3.76. The van der Waals surface area contributed by atoms with E-state index in [0.717, 1.165) is 5.56 Å². The molecule has 0 amide bonds. The number of hydrogen-bond acceptors (Lipinski definition) is 2. The molecule has 0 aliphatic carbocycles. The zero-order chi connectivity index (χ0) is 11.5. The minimum Gasteiger partial charge on any atom is -0.348 e. The number of rotatable bonds is 3. The standard InChI is InChI=1S/C13H14N2O/c1-15-9-5-8-11(15)13(16)12(14)10-6-3-2-4-7-10/h2-9,12H,14H2,1H3/t12-/m0/s1. The smallest absolute Gasteiger partial charge is 0.200 e. The molecule has 16 heavy (non-hydrogen) atoms. The molecule has 0 aliphatic heterocycles. The van der Waals surface area contributed by atoms with Crippen molar-refractivity contribution in [1.29, 1.82) is 0 Å². The lowest BCUT2D eigenvalue weighted by atomic mass is 10.0. The highest BCUT2D eigenvalue weighted by atomic mass is 16.1. The number of benzene rings is 1. The summed E-state index contributed by atoms with van der Waals surface area (Å²) >= 11 is 0. The summed E-state index contributed by atoms with van der Waals surface area (Å²) in [5.74, 6) is -0.0568. The van der Waals surface area contributed by atoms with Gasteiger partial charge in [0.1, 0.15) is 0 Å². The van der Waals surface area contributed by atoms with Gasteiger partial charge >= 0.3 is 0 Å². The zero-order valence-corrected chi connectivity index (χ0v) is 9.13. The lowest BCUT2D eigenvalue weighted by Gasteiger charge is -2.11. The van der Waals surface area contributed by atoms with E-state index in [1.807, 2.05) is 49.6 Å². The Morgan fingerprint density at radius 3 is 2.44 bits per heavy atom. The van der Waals surface area contributed by atoms with Crippen molar-refractivity contribution in [2.75, 3.05) is 0 Å². The number of aryl methyl sites for hydroxylation is 1. The summed E-state index contributed by atoms with van der Waals surface area (Å²) in [7, 11) is 1.84. The Morgan fingerprint density at radius 2 is 1.88 bits per heavy atom. The molecule has 0 spiro atoms. The van der Waals surface area contributed by atoms with Gasteiger partial charge in [0.05, 0.1) is 11.7 Å².